The normalized spacial score (nSPS) is 26.5. The summed E-state index contributed by atoms with van der Waals surface area (Å²) in [5, 5.41) is 13.2. The van der Waals surface area contributed by atoms with Crippen LogP contribution in [0.15, 0.2) is 0 Å². The van der Waals surface area contributed by atoms with Crippen molar-refractivity contribution >= 4 is 5.91 Å². The first kappa shape index (κ1) is 14.8. The van der Waals surface area contributed by atoms with Crippen LogP contribution in [0.3, 0.4) is 0 Å². The molecular formula is C14H27N3O2. The molecule has 1 unspecified atom stereocenters. The second-order valence-electron chi connectivity index (χ2n) is 6.46. The van der Waals surface area contributed by atoms with Gasteiger partial charge in [0.05, 0.1) is 11.5 Å². The van der Waals surface area contributed by atoms with Crippen LogP contribution in [0.2, 0.25) is 0 Å². The minimum absolute atomic E-state index is 0.120. The maximum atomic E-state index is 12.5. The first-order valence-electron chi connectivity index (χ1n) is 7.40. The maximum absolute atomic E-state index is 12.5. The molecule has 2 rings (SSSR count). The summed E-state index contributed by atoms with van der Waals surface area (Å²) in [6.45, 7) is 9.59. The SMILES string of the molecule is CC(C)(O)CN1CCCC(C(=O)N2CCNCC2)C1. The van der Waals surface area contributed by atoms with Crippen LogP contribution in [0.25, 0.3) is 0 Å². The molecule has 2 heterocycles. The van der Waals surface area contributed by atoms with Crippen molar-refractivity contribution in [1.82, 2.24) is 15.1 Å². The first-order valence-corrected chi connectivity index (χ1v) is 7.40. The minimum atomic E-state index is -0.681. The van der Waals surface area contributed by atoms with Crippen molar-refractivity contribution in [3.8, 4) is 0 Å². The van der Waals surface area contributed by atoms with Gasteiger partial charge in [0.2, 0.25) is 5.91 Å². The Morgan fingerprint density at radius 2 is 2.00 bits per heavy atom. The van der Waals surface area contributed by atoms with Crippen LogP contribution < -0.4 is 5.32 Å². The van der Waals surface area contributed by atoms with E-state index in [4.69, 9.17) is 0 Å². The number of nitrogens with zero attached hydrogens (tertiary/aromatic N) is 2. The number of piperidine rings is 1. The zero-order valence-electron chi connectivity index (χ0n) is 12.2. The van der Waals surface area contributed by atoms with Crippen molar-refractivity contribution in [3.05, 3.63) is 0 Å². The van der Waals surface area contributed by atoms with Gasteiger partial charge in [-0.2, -0.15) is 0 Å². The van der Waals surface area contributed by atoms with Crippen LogP contribution in [0, 0.1) is 5.92 Å². The van der Waals surface area contributed by atoms with E-state index >= 15 is 0 Å². The summed E-state index contributed by atoms with van der Waals surface area (Å²) in [5.74, 6) is 0.427. The summed E-state index contributed by atoms with van der Waals surface area (Å²) < 4.78 is 0. The molecule has 1 amide bonds. The fourth-order valence-corrected chi connectivity index (χ4v) is 3.09. The highest BCUT2D eigenvalue weighted by Crippen LogP contribution is 2.20. The molecule has 0 aromatic carbocycles. The summed E-state index contributed by atoms with van der Waals surface area (Å²) in [6.07, 6.45) is 2.05. The minimum Gasteiger partial charge on any atom is -0.389 e. The number of hydrogen-bond donors (Lipinski definition) is 2. The number of amides is 1. The lowest BCUT2D eigenvalue weighted by Crippen LogP contribution is -2.52. The number of nitrogens with one attached hydrogen (secondary N) is 1. The van der Waals surface area contributed by atoms with E-state index in [0.29, 0.717) is 12.5 Å². The summed E-state index contributed by atoms with van der Waals surface area (Å²) >= 11 is 0. The van der Waals surface area contributed by atoms with E-state index in [1.165, 1.54) is 0 Å². The molecular weight excluding hydrogens is 242 g/mol. The lowest BCUT2D eigenvalue weighted by atomic mass is 9.95. The first-order chi connectivity index (χ1) is 8.96. The molecule has 2 saturated heterocycles. The molecule has 0 saturated carbocycles. The van der Waals surface area contributed by atoms with E-state index in [-0.39, 0.29) is 5.92 Å². The Kier molecular flexibility index (Phi) is 4.81. The molecule has 2 aliphatic rings. The fourth-order valence-electron chi connectivity index (χ4n) is 3.09. The standard InChI is InChI=1S/C14H27N3O2/c1-14(2,19)11-16-7-3-4-12(10-16)13(18)17-8-5-15-6-9-17/h12,15,19H,3-11H2,1-2H3. The molecule has 19 heavy (non-hydrogen) atoms. The monoisotopic (exact) mass is 269 g/mol. The molecule has 0 aromatic rings. The van der Waals surface area contributed by atoms with Gasteiger partial charge < -0.3 is 15.3 Å². The van der Waals surface area contributed by atoms with E-state index < -0.39 is 5.60 Å². The molecule has 1 atom stereocenters. The Morgan fingerprint density at radius 3 is 2.63 bits per heavy atom. The Labute approximate surface area is 115 Å². The number of rotatable bonds is 3. The van der Waals surface area contributed by atoms with Gasteiger partial charge >= 0.3 is 0 Å². The Morgan fingerprint density at radius 1 is 1.32 bits per heavy atom. The highest BCUT2D eigenvalue weighted by atomic mass is 16.3. The van der Waals surface area contributed by atoms with Crippen LogP contribution in [0.1, 0.15) is 26.7 Å². The molecule has 5 heteroatoms. The predicted octanol–water partition coefficient (Wildman–Crippen LogP) is -0.0989. The third kappa shape index (κ3) is 4.44. The number of carbonyl (C=O) groups excluding carboxylic acids is 1. The van der Waals surface area contributed by atoms with Gasteiger partial charge in [-0.15, -0.1) is 0 Å². The molecule has 0 bridgehead atoms. The second kappa shape index (κ2) is 6.20. The molecule has 110 valence electrons. The average Bonchev–Trinajstić information content (AvgIpc) is 2.37. The highest BCUT2D eigenvalue weighted by Gasteiger charge is 2.31. The number of β-amino-alcohol motifs (C(OH)–C–C–N with tert-alkyl or cyclic N) is 1. The van der Waals surface area contributed by atoms with Crippen molar-refractivity contribution in [2.24, 2.45) is 5.92 Å². The van der Waals surface area contributed by atoms with E-state index in [1.807, 2.05) is 18.7 Å². The summed E-state index contributed by atoms with van der Waals surface area (Å²) in [5.41, 5.74) is -0.681. The number of hydrogen-bond acceptors (Lipinski definition) is 4. The number of likely N-dealkylation sites (tertiary alicyclic amines) is 1. The molecule has 2 fully saturated rings. The smallest absolute Gasteiger partial charge is 0.227 e. The number of piperazine rings is 1. The highest BCUT2D eigenvalue weighted by molar-refractivity contribution is 5.79. The second-order valence-corrected chi connectivity index (χ2v) is 6.46. The van der Waals surface area contributed by atoms with Crippen molar-refractivity contribution < 1.29 is 9.90 Å². The predicted molar refractivity (Wildman–Crippen MR) is 74.9 cm³/mol. The van der Waals surface area contributed by atoms with Crippen molar-refractivity contribution in [1.29, 1.82) is 0 Å². The molecule has 0 aliphatic carbocycles. The summed E-state index contributed by atoms with van der Waals surface area (Å²) in [6, 6.07) is 0. The van der Waals surface area contributed by atoms with Crippen LogP contribution in [0.4, 0.5) is 0 Å². The lowest BCUT2D eigenvalue weighted by molar-refractivity contribution is -0.138. The average molecular weight is 269 g/mol. The Hall–Kier alpha value is -0.650. The molecule has 0 aromatic heterocycles. The zero-order chi connectivity index (χ0) is 13.9. The number of carbonyl (C=O) groups is 1. The topological polar surface area (TPSA) is 55.8 Å². The quantitative estimate of drug-likeness (QED) is 0.751. The van der Waals surface area contributed by atoms with Gasteiger partial charge in [-0.25, -0.2) is 0 Å². The summed E-state index contributed by atoms with van der Waals surface area (Å²) in [4.78, 5) is 16.7. The molecule has 2 N–H and O–H groups in total. The molecule has 0 radical (unpaired) electrons. The third-order valence-corrected chi connectivity index (χ3v) is 3.89. The van der Waals surface area contributed by atoms with Gasteiger partial charge in [-0.1, -0.05) is 0 Å². The van der Waals surface area contributed by atoms with E-state index in [9.17, 15) is 9.90 Å². The van der Waals surface area contributed by atoms with E-state index in [2.05, 4.69) is 10.2 Å². The van der Waals surface area contributed by atoms with Gasteiger partial charge in [0, 0.05) is 39.3 Å². The van der Waals surface area contributed by atoms with Gasteiger partial charge in [0.15, 0.2) is 0 Å². The fraction of sp³-hybridized carbons (Fsp3) is 0.929. The van der Waals surface area contributed by atoms with E-state index in [0.717, 1.165) is 52.1 Å². The third-order valence-electron chi connectivity index (χ3n) is 3.89. The molecule has 0 spiro atoms. The molecule has 5 nitrogen and oxygen atoms in total. The lowest BCUT2D eigenvalue weighted by Gasteiger charge is -2.38. The van der Waals surface area contributed by atoms with Crippen molar-refractivity contribution in [2.75, 3.05) is 45.8 Å². The zero-order valence-corrected chi connectivity index (χ0v) is 12.2. The van der Waals surface area contributed by atoms with Crippen LogP contribution >= 0.6 is 0 Å². The van der Waals surface area contributed by atoms with Crippen molar-refractivity contribution in [3.63, 3.8) is 0 Å². The van der Waals surface area contributed by atoms with Gasteiger partial charge in [0.25, 0.3) is 0 Å². The van der Waals surface area contributed by atoms with Crippen molar-refractivity contribution in [2.45, 2.75) is 32.3 Å². The van der Waals surface area contributed by atoms with Crippen LogP contribution in [0.5, 0.6) is 0 Å². The summed E-state index contributed by atoms with van der Waals surface area (Å²) in [7, 11) is 0. The Bertz CT molecular complexity index is 308. The van der Waals surface area contributed by atoms with Crippen LogP contribution in [-0.2, 0) is 4.79 Å². The van der Waals surface area contributed by atoms with Gasteiger partial charge in [-0.05, 0) is 33.2 Å². The largest absolute Gasteiger partial charge is 0.389 e. The van der Waals surface area contributed by atoms with E-state index in [1.54, 1.807) is 0 Å². The number of aliphatic hydroxyl groups is 1. The van der Waals surface area contributed by atoms with Gasteiger partial charge in [-0.3, -0.25) is 9.69 Å². The van der Waals surface area contributed by atoms with Crippen LogP contribution in [-0.4, -0.2) is 72.2 Å². The molecule has 2 aliphatic heterocycles. The Balaban J connectivity index is 1.87. The van der Waals surface area contributed by atoms with Gasteiger partial charge in [0.1, 0.15) is 0 Å². The maximum Gasteiger partial charge on any atom is 0.227 e.